The SMILES string of the molecule is Cc1cc(C)c(C)c(CN(CCO)C(=O)CN2CCN(C)CC2)c1C. The summed E-state index contributed by atoms with van der Waals surface area (Å²) in [7, 11) is 2.11. The Hall–Kier alpha value is -1.43. The van der Waals surface area contributed by atoms with E-state index in [4.69, 9.17) is 0 Å². The van der Waals surface area contributed by atoms with Gasteiger partial charge in [-0.05, 0) is 62.6 Å². The van der Waals surface area contributed by atoms with E-state index < -0.39 is 0 Å². The minimum absolute atomic E-state index is 0.00261. The van der Waals surface area contributed by atoms with Gasteiger partial charge in [0.15, 0.2) is 0 Å². The Balaban J connectivity index is 2.12. The molecule has 5 nitrogen and oxygen atoms in total. The average molecular weight is 348 g/mol. The summed E-state index contributed by atoms with van der Waals surface area (Å²) in [4.78, 5) is 19.2. The zero-order valence-electron chi connectivity index (χ0n) is 16.4. The number of hydrogen-bond acceptors (Lipinski definition) is 4. The van der Waals surface area contributed by atoms with E-state index in [0.717, 1.165) is 26.2 Å². The maximum atomic E-state index is 12.8. The topological polar surface area (TPSA) is 47.0 Å². The zero-order chi connectivity index (χ0) is 18.6. The smallest absolute Gasteiger partial charge is 0.237 e. The predicted octanol–water partition coefficient (Wildman–Crippen LogP) is 1.49. The Morgan fingerprint density at radius 2 is 1.64 bits per heavy atom. The molecule has 0 unspecified atom stereocenters. The maximum absolute atomic E-state index is 12.8. The van der Waals surface area contributed by atoms with Crippen LogP contribution in [0.15, 0.2) is 6.07 Å². The van der Waals surface area contributed by atoms with Crippen molar-refractivity contribution in [1.82, 2.24) is 14.7 Å². The van der Waals surface area contributed by atoms with Crippen molar-refractivity contribution < 1.29 is 9.90 Å². The van der Waals surface area contributed by atoms with Gasteiger partial charge in [0.1, 0.15) is 0 Å². The number of carbonyl (C=O) groups is 1. The average Bonchev–Trinajstić information content (AvgIpc) is 2.58. The van der Waals surface area contributed by atoms with Crippen LogP contribution >= 0.6 is 0 Å². The quantitative estimate of drug-likeness (QED) is 0.847. The molecule has 1 saturated heterocycles. The molecule has 1 fully saturated rings. The van der Waals surface area contributed by atoms with Crippen molar-refractivity contribution in [3.05, 3.63) is 33.9 Å². The third-order valence-electron chi connectivity index (χ3n) is 5.55. The monoisotopic (exact) mass is 347 g/mol. The molecule has 0 aliphatic carbocycles. The lowest BCUT2D eigenvalue weighted by Crippen LogP contribution is -2.49. The summed E-state index contributed by atoms with van der Waals surface area (Å²) in [5.41, 5.74) is 6.23. The molecule has 1 aromatic rings. The lowest BCUT2D eigenvalue weighted by atomic mass is 9.94. The van der Waals surface area contributed by atoms with Crippen LogP contribution < -0.4 is 0 Å². The lowest BCUT2D eigenvalue weighted by Gasteiger charge is -2.33. The number of aryl methyl sites for hydroxylation is 2. The lowest BCUT2D eigenvalue weighted by molar-refractivity contribution is -0.134. The molecule has 1 aliphatic heterocycles. The van der Waals surface area contributed by atoms with Crippen LogP contribution in [0.4, 0.5) is 0 Å². The molecule has 140 valence electrons. The first-order valence-corrected chi connectivity index (χ1v) is 9.19. The normalized spacial score (nSPS) is 16.2. The van der Waals surface area contributed by atoms with Gasteiger partial charge in [0.05, 0.1) is 13.2 Å². The highest BCUT2D eigenvalue weighted by Crippen LogP contribution is 2.23. The summed E-state index contributed by atoms with van der Waals surface area (Å²) in [5, 5.41) is 9.44. The Morgan fingerprint density at radius 3 is 2.16 bits per heavy atom. The van der Waals surface area contributed by atoms with Crippen molar-refractivity contribution in [2.75, 3.05) is 52.9 Å². The summed E-state index contributed by atoms with van der Waals surface area (Å²) in [6, 6.07) is 2.20. The molecule has 1 heterocycles. The minimum Gasteiger partial charge on any atom is -0.395 e. The van der Waals surface area contributed by atoms with Crippen LogP contribution in [-0.2, 0) is 11.3 Å². The van der Waals surface area contributed by atoms with Gasteiger partial charge >= 0.3 is 0 Å². The number of rotatable bonds is 6. The van der Waals surface area contributed by atoms with E-state index >= 15 is 0 Å². The molecule has 1 aromatic carbocycles. The molecule has 0 atom stereocenters. The number of piperazine rings is 1. The molecule has 0 bridgehead atoms. The first kappa shape index (κ1) is 19.9. The molecule has 1 N–H and O–H groups in total. The molecule has 0 spiro atoms. The zero-order valence-corrected chi connectivity index (χ0v) is 16.4. The molecule has 0 aromatic heterocycles. The highest BCUT2D eigenvalue weighted by Gasteiger charge is 2.22. The minimum atomic E-state index is -0.00261. The molecule has 5 heteroatoms. The van der Waals surface area contributed by atoms with Gasteiger partial charge in [-0.2, -0.15) is 0 Å². The van der Waals surface area contributed by atoms with Crippen molar-refractivity contribution in [3.8, 4) is 0 Å². The van der Waals surface area contributed by atoms with E-state index in [1.54, 1.807) is 0 Å². The van der Waals surface area contributed by atoms with Gasteiger partial charge < -0.3 is 14.9 Å². The second-order valence-electron chi connectivity index (χ2n) is 7.36. The van der Waals surface area contributed by atoms with Crippen LogP contribution in [0.1, 0.15) is 27.8 Å². The van der Waals surface area contributed by atoms with Crippen LogP contribution in [0.5, 0.6) is 0 Å². The summed E-state index contributed by atoms with van der Waals surface area (Å²) in [6.45, 7) is 13.7. The van der Waals surface area contributed by atoms with Crippen molar-refractivity contribution in [1.29, 1.82) is 0 Å². The first-order valence-electron chi connectivity index (χ1n) is 9.19. The van der Waals surface area contributed by atoms with Gasteiger partial charge in [0.25, 0.3) is 0 Å². The van der Waals surface area contributed by atoms with Gasteiger partial charge in [-0.25, -0.2) is 0 Å². The van der Waals surface area contributed by atoms with Gasteiger partial charge in [0, 0.05) is 39.3 Å². The van der Waals surface area contributed by atoms with E-state index in [2.05, 4.69) is 50.6 Å². The Labute approximate surface area is 152 Å². The van der Waals surface area contributed by atoms with Crippen LogP contribution in [-0.4, -0.2) is 78.6 Å². The van der Waals surface area contributed by atoms with Crippen molar-refractivity contribution in [2.45, 2.75) is 34.2 Å². The van der Waals surface area contributed by atoms with Crippen LogP contribution in [0, 0.1) is 27.7 Å². The number of likely N-dealkylation sites (N-methyl/N-ethyl adjacent to an activating group) is 1. The van der Waals surface area contributed by atoms with Crippen molar-refractivity contribution in [3.63, 3.8) is 0 Å². The highest BCUT2D eigenvalue weighted by molar-refractivity contribution is 5.78. The number of amides is 1. The number of hydrogen-bond donors (Lipinski definition) is 1. The van der Waals surface area contributed by atoms with Gasteiger partial charge in [-0.3, -0.25) is 9.69 Å². The van der Waals surface area contributed by atoms with E-state index in [-0.39, 0.29) is 12.5 Å². The number of nitrogens with zero attached hydrogens (tertiary/aromatic N) is 3. The molecule has 0 saturated carbocycles. The summed E-state index contributed by atoms with van der Waals surface area (Å²) >= 11 is 0. The number of benzene rings is 1. The van der Waals surface area contributed by atoms with E-state index in [1.807, 2.05) is 4.90 Å². The van der Waals surface area contributed by atoms with Crippen LogP contribution in [0.2, 0.25) is 0 Å². The van der Waals surface area contributed by atoms with Crippen molar-refractivity contribution in [2.24, 2.45) is 0 Å². The Morgan fingerprint density at radius 1 is 1.08 bits per heavy atom. The number of carbonyl (C=O) groups excluding carboxylic acids is 1. The first-order chi connectivity index (χ1) is 11.8. The summed E-state index contributed by atoms with van der Waals surface area (Å²) < 4.78 is 0. The molecule has 0 radical (unpaired) electrons. The fraction of sp³-hybridized carbons (Fsp3) is 0.650. The molecule has 1 amide bonds. The molecule has 1 aliphatic rings. The van der Waals surface area contributed by atoms with Crippen LogP contribution in [0.25, 0.3) is 0 Å². The second kappa shape index (κ2) is 8.79. The fourth-order valence-corrected chi connectivity index (χ4v) is 3.44. The summed E-state index contributed by atoms with van der Waals surface area (Å²) in [6.07, 6.45) is 0. The number of aliphatic hydroxyl groups excluding tert-OH is 1. The second-order valence-corrected chi connectivity index (χ2v) is 7.36. The van der Waals surface area contributed by atoms with Gasteiger partial charge in [-0.1, -0.05) is 6.07 Å². The molecular weight excluding hydrogens is 314 g/mol. The predicted molar refractivity (Wildman–Crippen MR) is 102 cm³/mol. The standard InChI is InChI=1S/C20H33N3O2/c1-15-12-16(2)18(4)19(17(15)3)13-23(10-11-24)20(25)14-22-8-6-21(5)7-9-22/h12,24H,6-11,13-14H2,1-5H3. The third kappa shape index (κ3) is 5.03. The maximum Gasteiger partial charge on any atom is 0.237 e. The fourth-order valence-electron chi connectivity index (χ4n) is 3.44. The van der Waals surface area contributed by atoms with Crippen molar-refractivity contribution >= 4 is 5.91 Å². The van der Waals surface area contributed by atoms with E-state index in [9.17, 15) is 9.90 Å². The van der Waals surface area contributed by atoms with E-state index in [0.29, 0.717) is 19.6 Å². The Kier molecular flexibility index (Phi) is 6.99. The van der Waals surface area contributed by atoms with E-state index in [1.165, 1.54) is 27.8 Å². The Bertz CT molecular complexity index is 581. The summed E-state index contributed by atoms with van der Waals surface area (Å²) in [5.74, 6) is 0.108. The highest BCUT2D eigenvalue weighted by atomic mass is 16.3. The molecule has 25 heavy (non-hydrogen) atoms. The largest absolute Gasteiger partial charge is 0.395 e. The molecular formula is C20H33N3O2. The van der Waals surface area contributed by atoms with Gasteiger partial charge in [0.2, 0.25) is 5.91 Å². The number of aliphatic hydroxyl groups is 1. The third-order valence-corrected chi connectivity index (χ3v) is 5.55. The van der Waals surface area contributed by atoms with Gasteiger partial charge in [-0.15, -0.1) is 0 Å². The van der Waals surface area contributed by atoms with Crippen LogP contribution in [0.3, 0.4) is 0 Å². The molecule has 2 rings (SSSR count).